The number of rotatable bonds is 4. The predicted octanol–water partition coefficient (Wildman–Crippen LogP) is 4.26. The van der Waals surface area contributed by atoms with Crippen molar-refractivity contribution in [1.29, 1.82) is 0 Å². The average molecular weight is 380 g/mol. The molecule has 5 nitrogen and oxygen atoms in total. The fourth-order valence-corrected chi connectivity index (χ4v) is 4.02. The molecule has 1 aliphatic heterocycles. The van der Waals surface area contributed by atoms with E-state index in [1.807, 2.05) is 6.07 Å². The van der Waals surface area contributed by atoms with Gasteiger partial charge in [0, 0.05) is 23.9 Å². The molecule has 1 unspecified atom stereocenters. The van der Waals surface area contributed by atoms with Crippen LogP contribution >= 0.6 is 11.8 Å². The van der Waals surface area contributed by atoms with Crippen LogP contribution in [0.1, 0.15) is 10.9 Å². The zero-order chi connectivity index (χ0) is 18.7. The molecule has 0 spiro atoms. The highest BCUT2D eigenvalue weighted by Crippen LogP contribution is 2.43. The molecule has 1 heterocycles. The van der Waals surface area contributed by atoms with Crippen molar-refractivity contribution in [1.82, 2.24) is 4.90 Å². The first-order valence-electron chi connectivity index (χ1n) is 7.89. The van der Waals surface area contributed by atoms with Crippen LogP contribution in [0.5, 0.6) is 11.5 Å². The topological polar surface area (TPSA) is 50.8 Å². The van der Waals surface area contributed by atoms with Gasteiger partial charge in [0.25, 0.3) is 0 Å². The third-order valence-corrected chi connectivity index (χ3v) is 5.27. The van der Waals surface area contributed by atoms with Crippen molar-refractivity contribution >= 4 is 23.5 Å². The highest BCUT2D eigenvalue weighted by Gasteiger charge is 2.33. The summed E-state index contributed by atoms with van der Waals surface area (Å²) in [4.78, 5) is 14.2. The summed E-state index contributed by atoms with van der Waals surface area (Å²) < 4.78 is 37.8. The minimum absolute atomic E-state index is 0.191. The molecule has 1 aliphatic rings. The quantitative estimate of drug-likeness (QED) is 0.861. The van der Waals surface area contributed by atoms with Crippen LogP contribution < -0.4 is 14.8 Å². The second kappa shape index (κ2) is 7.82. The van der Waals surface area contributed by atoms with Gasteiger partial charge in [0.05, 0.1) is 19.9 Å². The lowest BCUT2D eigenvalue weighted by atomic mass is 10.1. The molecular weight excluding hydrogens is 362 g/mol. The number of thioether (sulfide) groups is 1. The number of ether oxygens (including phenoxy) is 2. The number of urea groups is 1. The molecule has 0 radical (unpaired) electrons. The number of carbonyl (C=O) groups excluding carboxylic acids is 1. The Bertz CT molecular complexity index is 819. The van der Waals surface area contributed by atoms with Crippen LogP contribution in [0.4, 0.5) is 19.3 Å². The summed E-state index contributed by atoms with van der Waals surface area (Å²) in [7, 11) is 3.11. The normalized spacial score (nSPS) is 16.5. The van der Waals surface area contributed by atoms with Crippen LogP contribution in [0.2, 0.25) is 0 Å². The Kier molecular flexibility index (Phi) is 5.51. The lowest BCUT2D eigenvalue weighted by Crippen LogP contribution is -2.34. The molecule has 1 N–H and O–H groups in total. The molecule has 26 heavy (non-hydrogen) atoms. The van der Waals surface area contributed by atoms with Gasteiger partial charge >= 0.3 is 6.03 Å². The summed E-state index contributed by atoms with van der Waals surface area (Å²) in [6, 6.07) is 7.79. The second-order valence-corrected chi connectivity index (χ2v) is 6.77. The number of amides is 2. The smallest absolute Gasteiger partial charge is 0.323 e. The van der Waals surface area contributed by atoms with Crippen LogP contribution in [-0.2, 0) is 0 Å². The number of hydrogen-bond donors (Lipinski definition) is 1. The summed E-state index contributed by atoms with van der Waals surface area (Å²) in [5.41, 5.74) is 0.590. The van der Waals surface area contributed by atoms with E-state index >= 15 is 0 Å². The standard InChI is InChI=1S/C18H18F2N2O3S/c1-24-12-4-6-16(25-2)13(10-12)17-22(7-8-26-17)18(23)21-15-9-11(19)3-5-14(15)20/h3-6,9-10,17H,7-8H2,1-2H3,(H,21,23). The Morgan fingerprint density at radius 3 is 2.73 bits per heavy atom. The van der Waals surface area contributed by atoms with Gasteiger partial charge in [-0.1, -0.05) is 0 Å². The minimum Gasteiger partial charge on any atom is -0.497 e. The van der Waals surface area contributed by atoms with E-state index in [9.17, 15) is 13.6 Å². The number of methoxy groups -OCH3 is 2. The zero-order valence-electron chi connectivity index (χ0n) is 14.3. The molecule has 138 valence electrons. The van der Waals surface area contributed by atoms with E-state index in [-0.39, 0.29) is 11.1 Å². The Morgan fingerprint density at radius 1 is 1.19 bits per heavy atom. The van der Waals surface area contributed by atoms with Crippen LogP contribution in [0.3, 0.4) is 0 Å². The van der Waals surface area contributed by atoms with Crippen LogP contribution in [0, 0.1) is 11.6 Å². The number of anilines is 1. The van der Waals surface area contributed by atoms with Gasteiger partial charge in [-0.25, -0.2) is 13.6 Å². The van der Waals surface area contributed by atoms with Crippen LogP contribution in [-0.4, -0.2) is 37.4 Å². The number of hydrogen-bond acceptors (Lipinski definition) is 4. The summed E-state index contributed by atoms with van der Waals surface area (Å²) in [6.45, 7) is 0.471. The highest BCUT2D eigenvalue weighted by molar-refractivity contribution is 7.99. The Hall–Kier alpha value is -2.48. The zero-order valence-corrected chi connectivity index (χ0v) is 15.1. The highest BCUT2D eigenvalue weighted by atomic mass is 32.2. The average Bonchev–Trinajstić information content (AvgIpc) is 3.14. The van der Waals surface area contributed by atoms with Gasteiger partial charge in [0.2, 0.25) is 0 Å². The van der Waals surface area contributed by atoms with Gasteiger partial charge in [0.15, 0.2) is 0 Å². The van der Waals surface area contributed by atoms with Crippen molar-refractivity contribution in [2.75, 3.05) is 31.8 Å². The van der Waals surface area contributed by atoms with Gasteiger partial charge in [-0.3, -0.25) is 0 Å². The summed E-state index contributed by atoms with van der Waals surface area (Å²) >= 11 is 1.56. The number of halogens is 2. The Labute approximate surface area is 154 Å². The SMILES string of the molecule is COc1ccc(OC)c(C2SCCN2C(=O)Nc2cc(F)ccc2F)c1. The van der Waals surface area contributed by atoms with Gasteiger partial charge in [-0.15, -0.1) is 11.8 Å². The summed E-state index contributed by atoms with van der Waals surface area (Å²) in [6.07, 6.45) is 0. The molecular formula is C18H18F2N2O3S. The van der Waals surface area contributed by atoms with E-state index in [0.29, 0.717) is 23.8 Å². The maximum absolute atomic E-state index is 13.8. The minimum atomic E-state index is -0.692. The van der Waals surface area contributed by atoms with E-state index < -0.39 is 17.7 Å². The second-order valence-electron chi connectivity index (χ2n) is 5.58. The van der Waals surface area contributed by atoms with E-state index in [1.54, 1.807) is 43.0 Å². The Morgan fingerprint density at radius 2 is 2.00 bits per heavy atom. The van der Waals surface area contributed by atoms with Crippen molar-refractivity contribution in [3.8, 4) is 11.5 Å². The van der Waals surface area contributed by atoms with E-state index in [4.69, 9.17) is 9.47 Å². The molecule has 1 saturated heterocycles. The monoisotopic (exact) mass is 380 g/mol. The first-order valence-corrected chi connectivity index (χ1v) is 8.94. The molecule has 0 bridgehead atoms. The molecule has 1 fully saturated rings. The predicted molar refractivity (Wildman–Crippen MR) is 96.8 cm³/mol. The van der Waals surface area contributed by atoms with Crippen LogP contribution in [0.15, 0.2) is 36.4 Å². The van der Waals surface area contributed by atoms with Gasteiger partial charge in [-0.2, -0.15) is 0 Å². The molecule has 2 amide bonds. The van der Waals surface area contributed by atoms with Gasteiger partial charge in [0.1, 0.15) is 28.5 Å². The summed E-state index contributed by atoms with van der Waals surface area (Å²) in [5, 5.41) is 2.12. The summed E-state index contributed by atoms with van der Waals surface area (Å²) in [5.74, 6) is 0.666. The number of carbonyl (C=O) groups is 1. The van der Waals surface area contributed by atoms with E-state index in [1.165, 1.54) is 0 Å². The van der Waals surface area contributed by atoms with E-state index in [0.717, 1.165) is 23.8 Å². The maximum atomic E-state index is 13.8. The number of nitrogens with zero attached hydrogens (tertiary/aromatic N) is 1. The molecule has 0 aliphatic carbocycles. The maximum Gasteiger partial charge on any atom is 0.323 e. The van der Waals surface area contributed by atoms with Crippen molar-refractivity contribution in [3.63, 3.8) is 0 Å². The molecule has 0 aromatic heterocycles. The molecule has 8 heteroatoms. The molecule has 2 aromatic rings. The third kappa shape index (κ3) is 3.70. The van der Waals surface area contributed by atoms with Crippen molar-refractivity contribution < 1.29 is 23.0 Å². The lowest BCUT2D eigenvalue weighted by molar-refractivity contribution is 0.213. The first kappa shape index (κ1) is 18.3. The third-order valence-electron chi connectivity index (χ3n) is 4.02. The van der Waals surface area contributed by atoms with Crippen LogP contribution in [0.25, 0.3) is 0 Å². The van der Waals surface area contributed by atoms with Crippen molar-refractivity contribution in [2.45, 2.75) is 5.37 Å². The number of nitrogens with one attached hydrogen (secondary N) is 1. The van der Waals surface area contributed by atoms with Gasteiger partial charge in [-0.05, 0) is 30.3 Å². The van der Waals surface area contributed by atoms with Crippen molar-refractivity contribution in [2.24, 2.45) is 0 Å². The lowest BCUT2D eigenvalue weighted by Gasteiger charge is -2.26. The van der Waals surface area contributed by atoms with Crippen molar-refractivity contribution in [3.05, 3.63) is 53.6 Å². The van der Waals surface area contributed by atoms with Gasteiger partial charge < -0.3 is 19.7 Å². The fraction of sp³-hybridized carbons (Fsp3) is 0.278. The van der Waals surface area contributed by atoms with E-state index in [2.05, 4.69) is 5.32 Å². The number of benzene rings is 2. The Balaban J connectivity index is 1.86. The molecule has 2 aromatic carbocycles. The fourth-order valence-electron chi connectivity index (χ4n) is 2.75. The molecule has 0 saturated carbocycles. The largest absolute Gasteiger partial charge is 0.497 e. The molecule has 3 rings (SSSR count). The first-order chi connectivity index (χ1) is 12.5. The molecule has 1 atom stereocenters.